The van der Waals surface area contributed by atoms with Crippen molar-refractivity contribution in [2.24, 2.45) is 0 Å². The summed E-state index contributed by atoms with van der Waals surface area (Å²) >= 11 is 0. The van der Waals surface area contributed by atoms with Crippen molar-refractivity contribution in [3.8, 4) is 0 Å². The lowest BCUT2D eigenvalue weighted by Gasteiger charge is -2.10. The van der Waals surface area contributed by atoms with Crippen LogP contribution in [0, 0.1) is 0 Å². The van der Waals surface area contributed by atoms with Crippen molar-refractivity contribution in [2.45, 2.75) is 25.5 Å². The van der Waals surface area contributed by atoms with Crippen LogP contribution in [0.4, 0.5) is 0 Å². The molecule has 0 aliphatic carbocycles. The Hall–Kier alpha value is -0.870. The van der Waals surface area contributed by atoms with Gasteiger partial charge >= 0.3 is 5.97 Å². The molecule has 0 aromatic carbocycles. The van der Waals surface area contributed by atoms with Gasteiger partial charge in [-0.25, -0.2) is 4.79 Å². The molecule has 4 nitrogen and oxygen atoms in total. The van der Waals surface area contributed by atoms with E-state index in [1.807, 2.05) is 6.92 Å². The van der Waals surface area contributed by atoms with Crippen molar-refractivity contribution >= 4 is 5.97 Å². The van der Waals surface area contributed by atoms with Crippen LogP contribution in [0.5, 0.6) is 0 Å². The van der Waals surface area contributed by atoms with E-state index in [0.29, 0.717) is 6.04 Å². The van der Waals surface area contributed by atoms with Crippen LogP contribution in [0.1, 0.15) is 13.3 Å². The first-order chi connectivity index (χ1) is 5.77. The zero-order valence-corrected chi connectivity index (χ0v) is 7.08. The van der Waals surface area contributed by atoms with Crippen molar-refractivity contribution in [2.75, 3.05) is 6.54 Å². The van der Waals surface area contributed by atoms with Gasteiger partial charge in [0.2, 0.25) is 0 Å². The van der Waals surface area contributed by atoms with Crippen LogP contribution in [-0.4, -0.2) is 24.7 Å². The zero-order chi connectivity index (χ0) is 8.97. The fraction of sp³-hybridized carbons (Fsp3) is 0.625. The van der Waals surface area contributed by atoms with E-state index in [2.05, 4.69) is 16.8 Å². The normalized spacial score (nSPS) is 22.9. The highest BCUT2D eigenvalue weighted by Crippen LogP contribution is 2.12. The van der Waals surface area contributed by atoms with Gasteiger partial charge < -0.3 is 5.32 Å². The molecular weight excluding hydrogens is 158 g/mol. The summed E-state index contributed by atoms with van der Waals surface area (Å²) in [5, 5.41) is 3.08. The second kappa shape index (κ2) is 4.23. The molecule has 0 amide bonds. The van der Waals surface area contributed by atoms with Gasteiger partial charge in [-0.1, -0.05) is 13.5 Å². The first kappa shape index (κ1) is 9.22. The predicted octanol–water partition coefficient (Wildman–Crippen LogP) is 0.398. The lowest BCUT2D eigenvalue weighted by Crippen LogP contribution is -2.22. The van der Waals surface area contributed by atoms with E-state index in [1.54, 1.807) is 0 Å². The largest absolute Gasteiger partial charge is 0.365 e. The average molecular weight is 171 g/mol. The highest BCUT2D eigenvalue weighted by molar-refractivity contribution is 5.80. The van der Waals surface area contributed by atoms with E-state index < -0.39 is 5.97 Å². The Morgan fingerprint density at radius 3 is 3.00 bits per heavy atom. The molecule has 12 heavy (non-hydrogen) atoms. The van der Waals surface area contributed by atoms with Crippen molar-refractivity contribution in [3.63, 3.8) is 0 Å². The summed E-state index contributed by atoms with van der Waals surface area (Å²) in [5.74, 6) is -0.547. The smallest absolute Gasteiger partial charge is 0.309 e. The molecule has 0 aromatic heterocycles. The first-order valence-corrected chi connectivity index (χ1v) is 4.01. The summed E-state index contributed by atoms with van der Waals surface area (Å²) < 4.78 is 0. The molecule has 2 unspecified atom stereocenters. The maximum Gasteiger partial charge on any atom is 0.365 e. The summed E-state index contributed by atoms with van der Waals surface area (Å²) in [5.41, 5.74) is 0. The third-order valence-corrected chi connectivity index (χ3v) is 1.71. The van der Waals surface area contributed by atoms with Crippen LogP contribution in [0.2, 0.25) is 0 Å². The zero-order valence-electron chi connectivity index (χ0n) is 7.08. The molecule has 0 aromatic rings. The summed E-state index contributed by atoms with van der Waals surface area (Å²) in [6.45, 7) is 6.17. The minimum atomic E-state index is -0.547. The van der Waals surface area contributed by atoms with Gasteiger partial charge in [0.25, 0.3) is 0 Å². The molecule has 1 N–H and O–H groups in total. The Morgan fingerprint density at radius 2 is 2.58 bits per heavy atom. The molecule has 0 spiro atoms. The Kier molecular flexibility index (Phi) is 3.25. The van der Waals surface area contributed by atoms with Crippen LogP contribution in [0.3, 0.4) is 0 Å². The Morgan fingerprint density at radius 1 is 1.92 bits per heavy atom. The van der Waals surface area contributed by atoms with Crippen LogP contribution in [0.25, 0.3) is 0 Å². The van der Waals surface area contributed by atoms with Crippen LogP contribution < -0.4 is 5.32 Å². The molecule has 2 atom stereocenters. The number of carbonyl (C=O) groups excluding carboxylic acids is 1. The monoisotopic (exact) mass is 171 g/mol. The van der Waals surface area contributed by atoms with E-state index in [-0.39, 0.29) is 6.10 Å². The summed E-state index contributed by atoms with van der Waals surface area (Å²) in [7, 11) is 0. The number of nitrogens with one attached hydrogen (secondary N) is 1. The standard InChI is InChI=1S/C8H13NO3/c1-3-7(6-5-9-6)11-12-8(10)4-2/h4,6-7,9H,2-3,5H2,1H3. The van der Waals surface area contributed by atoms with Crippen molar-refractivity contribution in [3.05, 3.63) is 12.7 Å². The van der Waals surface area contributed by atoms with Crippen LogP contribution in [-0.2, 0) is 14.6 Å². The van der Waals surface area contributed by atoms with Gasteiger partial charge in [-0.3, -0.25) is 4.89 Å². The fourth-order valence-corrected chi connectivity index (χ4v) is 0.894. The fourth-order valence-electron chi connectivity index (χ4n) is 0.894. The molecular formula is C8H13NO3. The third-order valence-electron chi connectivity index (χ3n) is 1.71. The van der Waals surface area contributed by atoms with Crippen molar-refractivity contribution in [1.29, 1.82) is 0 Å². The lowest BCUT2D eigenvalue weighted by atomic mass is 10.2. The summed E-state index contributed by atoms with van der Waals surface area (Å²) in [4.78, 5) is 19.9. The molecule has 68 valence electrons. The molecule has 0 bridgehead atoms. The van der Waals surface area contributed by atoms with E-state index in [4.69, 9.17) is 4.89 Å². The van der Waals surface area contributed by atoms with Crippen molar-refractivity contribution < 1.29 is 14.6 Å². The van der Waals surface area contributed by atoms with E-state index in [0.717, 1.165) is 19.0 Å². The SMILES string of the molecule is C=CC(=O)OOC(CC)C1CN1. The number of hydrogen-bond donors (Lipinski definition) is 1. The molecule has 1 saturated heterocycles. The van der Waals surface area contributed by atoms with Crippen LogP contribution >= 0.6 is 0 Å². The number of rotatable bonds is 5. The molecule has 4 heteroatoms. The summed E-state index contributed by atoms with van der Waals surface area (Å²) in [6, 6.07) is 0.340. The highest BCUT2D eigenvalue weighted by Gasteiger charge is 2.31. The minimum Gasteiger partial charge on any atom is -0.309 e. The van der Waals surface area contributed by atoms with E-state index in [1.165, 1.54) is 0 Å². The molecule has 0 saturated carbocycles. The molecule has 1 rings (SSSR count). The van der Waals surface area contributed by atoms with Gasteiger partial charge in [0.15, 0.2) is 0 Å². The maximum atomic E-state index is 10.6. The second-order valence-corrected chi connectivity index (χ2v) is 2.66. The quantitative estimate of drug-likeness (QED) is 0.281. The predicted molar refractivity (Wildman–Crippen MR) is 43.2 cm³/mol. The Balaban J connectivity index is 2.18. The van der Waals surface area contributed by atoms with E-state index >= 15 is 0 Å². The number of hydrogen-bond acceptors (Lipinski definition) is 4. The van der Waals surface area contributed by atoms with Crippen molar-refractivity contribution in [1.82, 2.24) is 5.32 Å². The molecule has 0 radical (unpaired) electrons. The molecule has 1 aliphatic heterocycles. The second-order valence-electron chi connectivity index (χ2n) is 2.66. The van der Waals surface area contributed by atoms with Gasteiger partial charge in [-0.05, 0) is 6.42 Å². The molecule has 1 heterocycles. The van der Waals surface area contributed by atoms with Gasteiger partial charge in [0.05, 0.1) is 6.04 Å². The summed E-state index contributed by atoms with van der Waals surface area (Å²) in [6.07, 6.45) is 1.86. The van der Waals surface area contributed by atoms with E-state index in [9.17, 15) is 4.79 Å². The van der Waals surface area contributed by atoms with Gasteiger partial charge in [0.1, 0.15) is 6.10 Å². The van der Waals surface area contributed by atoms with Gasteiger partial charge in [0, 0.05) is 12.6 Å². The van der Waals surface area contributed by atoms with Gasteiger partial charge in [-0.15, -0.1) is 0 Å². The topological polar surface area (TPSA) is 57.5 Å². The van der Waals surface area contributed by atoms with Crippen LogP contribution in [0.15, 0.2) is 12.7 Å². The molecule has 1 aliphatic rings. The maximum absolute atomic E-state index is 10.6. The van der Waals surface area contributed by atoms with Gasteiger partial charge in [-0.2, -0.15) is 4.89 Å². The lowest BCUT2D eigenvalue weighted by molar-refractivity contribution is -0.293. The Labute approximate surface area is 71.5 Å². The minimum absolute atomic E-state index is 0.0334. The average Bonchev–Trinajstić information content (AvgIpc) is 2.89. The first-order valence-electron chi connectivity index (χ1n) is 4.01. The number of carbonyl (C=O) groups is 1. The Bertz CT molecular complexity index is 177. The molecule has 1 fully saturated rings. The third kappa shape index (κ3) is 2.64. The highest BCUT2D eigenvalue weighted by atomic mass is 17.2.